The Morgan fingerprint density at radius 1 is 1.40 bits per heavy atom. The number of hydrogen-bond acceptors (Lipinski definition) is 4. The van der Waals surface area contributed by atoms with Gasteiger partial charge in [0.1, 0.15) is 5.00 Å². The van der Waals surface area contributed by atoms with Gasteiger partial charge in [-0.25, -0.2) is 4.79 Å². The van der Waals surface area contributed by atoms with Crippen molar-refractivity contribution in [2.45, 2.75) is 39.5 Å². The van der Waals surface area contributed by atoms with E-state index in [0.717, 1.165) is 22.8 Å². The number of thiocarbonyl (C=S) groups is 1. The summed E-state index contributed by atoms with van der Waals surface area (Å²) in [7, 11) is 1.38. The van der Waals surface area contributed by atoms with Crippen molar-refractivity contribution >= 4 is 39.6 Å². The Labute approximate surface area is 129 Å². The molecule has 0 aliphatic rings. The number of thiophene rings is 1. The van der Waals surface area contributed by atoms with Gasteiger partial charge < -0.3 is 15.4 Å². The van der Waals surface area contributed by atoms with Crippen molar-refractivity contribution in [3.05, 3.63) is 16.5 Å². The molecular formula is C14H22N2O2S2. The zero-order valence-electron chi connectivity index (χ0n) is 12.2. The van der Waals surface area contributed by atoms with Gasteiger partial charge in [-0.1, -0.05) is 26.2 Å². The highest BCUT2D eigenvalue weighted by atomic mass is 32.1. The third-order valence-electron chi connectivity index (χ3n) is 2.80. The minimum atomic E-state index is -0.345. The smallest absolute Gasteiger partial charge is 0.340 e. The van der Waals surface area contributed by atoms with Crippen LogP contribution < -0.4 is 10.6 Å². The normalized spacial score (nSPS) is 10.2. The Morgan fingerprint density at radius 3 is 2.80 bits per heavy atom. The van der Waals surface area contributed by atoms with Crippen molar-refractivity contribution in [3.8, 4) is 0 Å². The predicted molar refractivity (Wildman–Crippen MR) is 88.8 cm³/mol. The van der Waals surface area contributed by atoms with Crippen LogP contribution in [0.1, 0.15) is 47.8 Å². The summed E-state index contributed by atoms with van der Waals surface area (Å²) in [4.78, 5) is 12.7. The number of anilines is 1. The van der Waals surface area contributed by atoms with Gasteiger partial charge >= 0.3 is 5.97 Å². The lowest BCUT2D eigenvalue weighted by molar-refractivity contribution is 0.0602. The molecule has 0 saturated carbocycles. The first kappa shape index (κ1) is 16.9. The van der Waals surface area contributed by atoms with Gasteiger partial charge in [0.05, 0.1) is 12.7 Å². The zero-order chi connectivity index (χ0) is 15.0. The molecule has 0 fully saturated rings. The van der Waals surface area contributed by atoms with E-state index in [1.54, 1.807) is 0 Å². The van der Waals surface area contributed by atoms with Crippen LogP contribution in [0.4, 0.5) is 5.00 Å². The fraction of sp³-hybridized carbons (Fsp3) is 0.571. The number of nitrogens with one attached hydrogen (secondary N) is 2. The molecule has 1 aromatic heterocycles. The molecule has 20 heavy (non-hydrogen) atoms. The van der Waals surface area contributed by atoms with Crippen LogP contribution in [-0.2, 0) is 4.74 Å². The molecule has 0 bridgehead atoms. The number of ether oxygens (including phenoxy) is 1. The van der Waals surface area contributed by atoms with Crippen LogP contribution in [-0.4, -0.2) is 24.7 Å². The number of unbranched alkanes of at least 4 members (excludes halogenated alkanes) is 3. The molecule has 0 spiro atoms. The van der Waals surface area contributed by atoms with Gasteiger partial charge in [0.15, 0.2) is 5.11 Å². The van der Waals surface area contributed by atoms with E-state index in [1.807, 2.05) is 13.0 Å². The lowest BCUT2D eigenvalue weighted by atomic mass is 10.2. The second-order valence-electron chi connectivity index (χ2n) is 4.53. The number of carbonyl (C=O) groups is 1. The molecule has 1 heterocycles. The number of rotatable bonds is 7. The summed E-state index contributed by atoms with van der Waals surface area (Å²) in [5, 5.41) is 7.52. The van der Waals surface area contributed by atoms with E-state index < -0.39 is 0 Å². The average Bonchev–Trinajstić information content (AvgIpc) is 2.78. The Balaban J connectivity index is 2.47. The fourth-order valence-electron chi connectivity index (χ4n) is 1.77. The Bertz CT molecular complexity index is 458. The molecular weight excluding hydrogens is 292 g/mol. The van der Waals surface area contributed by atoms with E-state index in [1.165, 1.54) is 37.7 Å². The molecule has 6 heteroatoms. The lowest BCUT2D eigenvalue weighted by Crippen LogP contribution is -2.29. The minimum Gasteiger partial charge on any atom is -0.465 e. The molecule has 4 nitrogen and oxygen atoms in total. The fourth-order valence-corrected chi connectivity index (χ4v) is 2.94. The van der Waals surface area contributed by atoms with Crippen molar-refractivity contribution in [1.29, 1.82) is 0 Å². The summed E-state index contributed by atoms with van der Waals surface area (Å²) in [6.45, 7) is 4.99. The second kappa shape index (κ2) is 8.92. The van der Waals surface area contributed by atoms with E-state index in [4.69, 9.17) is 17.0 Å². The maximum Gasteiger partial charge on any atom is 0.340 e. The SMILES string of the molecule is CCCCCCNC(=S)Nc1sc(C)cc1C(=O)OC. The minimum absolute atomic E-state index is 0.345. The number of hydrogen-bond donors (Lipinski definition) is 2. The van der Waals surface area contributed by atoms with Crippen molar-refractivity contribution < 1.29 is 9.53 Å². The monoisotopic (exact) mass is 314 g/mol. The Morgan fingerprint density at radius 2 is 2.15 bits per heavy atom. The van der Waals surface area contributed by atoms with Gasteiger partial charge in [0, 0.05) is 11.4 Å². The van der Waals surface area contributed by atoms with E-state index in [0.29, 0.717) is 10.7 Å². The van der Waals surface area contributed by atoms with E-state index >= 15 is 0 Å². The molecule has 1 rings (SSSR count). The Hall–Kier alpha value is -1.14. The first-order valence-corrected chi connectivity index (χ1v) is 8.04. The quantitative estimate of drug-likeness (QED) is 0.456. The maximum atomic E-state index is 11.6. The maximum absolute atomic E-state index is 11.6. The first-order chi connectivity index (χ1) is 9.58. The van der Waals surface area contributed by atoms with Crippen molar-refractivity contribution in [1.82, 2.24) is 5.32 Å². The molecule has 1 aromatic rings. The molecule has 2 N–H and O–H groups in total. The third-order valence-corrected chi connectivity index (χ3v) is 4.02. The summed E-state index contributed by atoms with van der Waals surface area (Å²) in [6, 6.07) is 1.81. The largest absolute Gasteiger partial charge is 0.465 e. The predicted octanol–water partition coefficient (Wildman–Crippen LogP) is 3.71. The van der Waals surface area contributed by atoms with Gasteiger partial charge in [-0.05, 0) is 31.6 Å². The van der Waals surface area contributed by atoms with Crippen LogP contribution in [0.2, 0.25) is 0 Å². The molecule has 0 atom stereocenters. The van der Waals surface area contributed by atoms with Crippen LogP contribution in [0.3, 0.4) is 0 Å². The summed E-state index contributed by atoms with van der Waals surface area (Å²) < 4.78 is 4.76. The molecule has 0 aromatic carbocycles. The van der Waals surface area contributed by atoms with Crippen LogP contribution >= 0.6 is 23.6 Å². The molecule has 112 valence electrons. The van der Waals surface area contributed by atoms with Gasteiger partial charge in [-0.15, -0.1) is 11.3 Å². The molecule has 0 radical (unpaired) electrons. The van der Waals surface area contributed by atoms with Crippen molar-refractivity contribution in [2.75, 3.05) is 19.0 Å². The van der Waals surface area contributed by atoms with Crippen LogP contribution in [0, 0.1) is 6.92 Å². The van der Waals surface area contributed by atoms with Crippen LogP contribution in [0.15, 0.2) is 6.07 Å². The topological polar surface area (TPSA) is 50.4 Å². The molecule has 0 aliphatic heterocycles. The molecule has 0 saturated heterocycles. The highest BCUT2D eigenvalue weighted by molar-refractivity contribution is 7.80. The zero-order valence-corrected chi connectivity index (χ0v) is 13.9. The van der Waals surface area contributed by atoms with E-state index in [9.17, 15) is 4.79 Å². The number of methoxy groups -OCH3 is 1. The number of esters is 1. The molecule has 0 unspecified atom stereocenters. The number of aryl methyl sites for hydroxylation is 1. The number of carbonyl (C=O) groups excluding carboxylic acids is 1. The average molecular weight is 314 g/mol. The van der Waals surface area contributed by atoms with Gasteiger partial charge in [0.2, 0.25) is 0 Å². The van der Waals surface area contributed by atoms with Crippen molar-refractivity contribution in [2.24, 2.45) is 0 Å². The van der Waals surface area contributed by atoms with Crippen molar-refractivity contribution in [3.63, 3.8) is 0 Å². The summed E-state index contributed by atoms with van der Waals surface area (Å²) in [5.41, 5.74) is 0.533. The van der Waals surface area contributed by atoms with E-state index in [-0.39, 0.29) is 5.97 Å². The highest BCUT2D eigenvalue weighted by Gasteiger charge is 2.15. The third kappa shape index (κ3) is 5.46. The van der Waals surface area contributed by atoms with Gasteiger partial charge in [0.25, 0.3) is 0 Å². The summed E-state index contributed by atoms with van der Waals surface area (Å²) in [5.74, 6) is -0.345. The lowest BCUT2D eigenvalue weighted by Gasteiger charge is -2.10. The second-order valence-corrected chi connectivity index (χ2v) is 6.20. The summed E-state index contributed by atoms with van der Waals surface area (Å²) in [6.07, 6.45) is 4.78. The van der Waals surface area contributed by atoms with Gasteiger partial charge in [-0.3, -0.25) is 0 Å². The standard InChI is InChI=1S/C14H22N2O2S2/c1-4-5-6-7-8-15-14(19)16-12-11(13(17)18-3)9-10(2)20-12/h9H,4-8H2,1-3H3,(H2,15,16,19). The Kier molecular flexibility index (Phi) is 7.54. The molecule has 0 aliphatic carbocycles. The first-order valence-electron chi connectivity index (χ1n) is 6.82. The highest BCUT2D eigenvalue weighted by Crippen LogP contribution is 2.28. The van der Waals surface area contributed by atoms with Crippen LogP contribution in [0.5, 0.6) is 0 Å². The van der Waals surface area contributed by atoms with E-state index in [2.05, 4.69) is 17.6 Å². The summed E-state index contributed by atoms with van der Waals surface area (Å²) >= 11 is 6.73. The molecule has 0 amide bonds. The van der Waals surface area contributed by atoms with Gasteiger partial charge in [-0.2, -0.15) is 0 Å². The van der Waals surface area contributed by atoms with Crippen LogP contribution in [0.25, 0.3) is 0 Å².